The number of thiophene rings is 1. The minimum atomic E-state index is -1.07. The minimum absolute atomic E-state index is 0.353. The maximum atomic E-state index is 11.3. The summed E-state index contributed by atoms with van der Waals surface area (Å²) in [6.45, 7) is 2.81. The topological polar surface area (TPSA) is 107 Å². The summed E-state index contributed by atoms with van der Waals surface area (Å²) < 4.78 is 1.18. The van der Waals surface area contributed by atoms with Crippen LogP contribution in [0.25, 0.3) is 20.5 Å². The molecule has 4 N–H and O–H groups in total. The molecule has 8 heteroatoms. The highest BCUT2D eigenvalue weighted by Gasteiger charge is 2.42. The fourth-order valence-electron chi connectivity index (χ4n) is 4.23. The molecule has 0 spiro atoms. The molecule has 7 nitrogen and oxygen atoms in total. The lowest BCUT2D eigenvalue weighted by Gasteiger charge is -2.21. The Morgan fingerprint density at radius 2 is 2.00 bits per heavy atom. The van der Waals surface area contributed by atoms with Crippen LogP contribution in [-0.2, 0) is 4.79 Å². The van der Waals surface area contributed by atoms with Gasteiger partial charge in [0.1, 0.15) is 18.2 Å². The number of nitrogens with zero attached hydrogens (tertiary/aromatic N) is 2. The highest BCUT2D eigenvalue weighted by atomic mass is 32.1. The summed E-state index contributed by atoms with van der Waals surface area (Å²) >= 11 is 1.67. The van der Waals surface area contributed by atoms with Gasteiger partial charge in [0, 0.05) is 22.0 Å². The van der Waals surface area contributed by atoms with Gasteiger partial charge in [0.05, 0.1) is 23.4 Å². The number of hydrogen-bond donors (Lipinski definition) is 4. The summed E-state index contributed by atoms with van der Waals surface area (Å²) in [5, 5.41) is 28.5. The average molecular weight is 439 g/mol. The predicted molar refractivity (Wildman–Crippen MR) is 122 cm³/mol. The van der Waals surface area contributed by atoms with Crippen LogP contribution in [0.5, 0.6) is 0 Å². The number of carbonyl (C=O) groups excluding carboxylic acids is 1. The first-order valence-electron chi connectivity index (χ1n) is 10.7. The molecular weight excluding hydrogens is 412 g/mol. The molecule has 0 saturated heterocycles. The summed E-state index contributed by atoms with van der Waals surface area (Å²) in [7, 11) is 0. The molecule has 2 aliphatic carbocycles. The van der Waals surface area contributed by atoms with Crippen molar-refractivity contribution in [2.45, 2.75) is 44.4 Å². The number of hydrogen-bond acceptors (Lipinski definition) is 8. The first kappa shape index (κ1) is 20.4. The van der Waals surface area contributed by atoms with Crippen molar-refractivity contribution in [2.75, 3.05) is 17.2 Å². The lowest BCUT2D eigenvalue weighted by atomic mass is 10.1. The van der Waals surface area contributed by atoms with E-state index < -0.39 is 24.2 Å². The van der Waals surface area contributed by atoms with Gasteiger partial charge in [-0.05, 0) is 49.6 Å². The average Bonchev–Trinajstić information content (AvgIpc) is 3.44. The van der Waals surface area contributed by atoms with E-state index in [1.807, 2.05) is 19.1 Å². The van der Waals surface area contributed by atoms with E-state index in [4.69, 9.17) is 9.97 Å². The molecule has 4 atom stereocenters. The van der Waals surface area contributed by atoms with Crippen LogP contribution in [0.4, 0.5) is 11.8 Å². The van der Waals surface area contributed by atoms with Crippen LogP contribution in [0.3, 0.4) is 0 Å². The molecule has 2 aromatic heterocycles. The highest BCUT2D eigenvalue weighted by molar-refractivity contribution is 7.22. The number of aryl methyl sites for hydroxylation is 1. The quantitative estimate of drug-likeness (QED) is 0.420. The van der Waals surface area contributed by atoms with Crippen molar-refractivity contribution in [1.29, 1.82) is 0 Å². The predicted octanol–water partition coefficient (Wildman–Crippen LogP) is 3.21. The van der Waals surface area contributed by atoms with Crippen LogP contribution in [0.1, 0.15) is 25.0 Å². The molecule has 2 aliphatic rings. The second-order valence-electron chi connectivity index (χ2n) is 8.60. The van der Waals surface area contributed by atoms with E-state index in [1.165, 1.54) is 17.5 Å². The zero-order chi connectivity index (χ0) is 21.5. The van der Waals surface area contributed by atoms with Crippen molar-refractivity contribution in [3.63, 3.8) is 0 Å². The van der Waals surface area contributed by atoms with E-state index in [0.717, 1.165) is 34.4 Å². The van der Waals surface area contributed by atoms with E-state index in [0.29, 0.717) is 24.1 Å². The van der Waals surface area contributed by atoms with Gasteiger partial charge in [-0.3, -0.25) is 0 Å². The van der Waals surface area contributed by atoms with Crippen molar-refractivity contribution < 1.29 is 15.0 Å². The Morgan fingerprint density at radius 3 is 2.71 bits per heavy atom. The number of fused-ring (bicyclic) bond motifs is 1. The number of aliphatic hydroxyl groups excluding tert-OH is 2. The molecule has 5 rings (SSSR count). The van der Waals surface area contributed by atoms with Crippen LogP contribution in [-0.4, -0.2) is 51.3 Å². The minimum Gasteiger partial charge on any atom is -0.390 e. The Balaban J connectivity index is 1.53. The van der Waals surface area contributed by atoms with Gasteiger partial charge in [-0.25, -0.2) is 4.98 Å². The highest BCUT2D eigenvalue weighted by Crippen LogP contribution is 2.40. The third kappa shape index (κ3) is 4.03. The Hall–Kier alpha value is -2.55. The third-order valence-corrected chi connectivity index (χ3v) is 7.37. The Morgan fingerprint density at radius 1 is 1.19 bits per heavy atom. The normalized spacial score (nSPS) is 25.6. The maximum Gasteiger partial charge on any atom is 0.224 e. The molecule has 0 bridgehead atoms. The zero-order valence-corrected chi connectivity index (χ0v) is 18.1. The summed E-state index contributed by atoms with van der Waals surface area (Å²) in [6.07, 6.45) is 1.43. The van der Waals surface area contributed by atoms with Crippen molar-refractivity contribution in [3.8, 4) is 10.4 Å². The molecule has 2 saturated carbocycles. The van der Waals surface area contributed by atoms with Gasteiger partial charge in [-0.2, -0.15) is 4.98 Å². The molecular formula is C23H26N4O3S. The van der Waals surface area contributed by atoms with Gasteiger partial charge in [0.25, 0.3) is 0 Å². The molecule has 2 fully saturated rings. The second-order valence-corrected chi connectivity index (χ2v) is 9.68. The van der Waals surface area contributed by atoms with Crippen LogP contribution in [0.2, 0.25) is 0 Å². The summed E-state index contributed by atoms with van der Waals surface area (Å²) in [5.74, 6) is 1.26. The van der Waals surface area contributed by atoms with Gasteiger partial charge in [0.2, 0.25) is 5.95 Å². The summed E-state index contributed by atoms with van der Waals surface area (Å²) in [4.78, 5) is 21.8. The Labute approximate surface area is 184 Å². The number of aliphatic hydroxyl groups is 2. The van der Waals surface area contributed by atoms with Crippen LogP contribution < -0.4 is 10.6 Å². The van der Waals surface area contributed by atoms with Gasteiger partial charge in [0.15, 0.2) is 0 Å². The third-order valence-electron chi connectivity index (χ3n) is 6.23. The van der Waals surface area contributed by atoms with Gasteiger partial charge in [-0.15, -0.1) is 11.3 Å². The first-order chi connectivity index (χ1) is 15.0. The standard InChI is InChI=1S/C23H26N4O3S/c1-12-19(18-9-14-4-2-3-5-17(14)31-18)22(27-23(25-12)24-10-13-6-7-13)26-16-8-15(11-28)20(29)21(16)30/h2-5,9,11,13,15-16,20-21,29-30H,6-8,10H2,1H3,(H2,24,25,26,27). The van der Waals surface area contributed by atoms with Gasteiger partial charge >= 0.3 is 0 Å². The molecule has 162 valence electrons. The maximum absolute atomic E-state index is 11.3. The van der Waals surface area contributed by atoms with E-state index in [2.05, 4.69) is 28.8 Å². The number of nitrogens with one attached hydrogen (secondary N) is 2. The van der Waals surface area contributed by atoms with Crippen molar-refractivity contribution in [1.82, 2.24) is 9.97 Å². The monoisotopic (exact) mass is 438 g/mol. The largest absolute Gasteiger partial charge is 0.390 e. The number of carbonyl (C=O) groups is 1. The number of anilines is 2. The van der Waals surface area contributed by atoms with Crippen LogP contribution >= 0.6 is 11.3 Å². The Kier molecular flexibility index (Phi) is 5.37. The zero-order valence-electron chi connectivity index (χ0n) is 17.3. The first-order valence-corrected chi connectivity index (χ1v) is 11.5. The molecule has 1 aromatic carbocycles. The Bertz CT molecular complexity index is 1080. The van der Waals surface area contributed by atoms with Crippen LogP contribution in [0, 0.1) is 18.8 Å². The summed E-state index contributed by atoms with van der Waals surface area (Å²) in [5.41, 5.74) is 1.72. The van der Waals surface area contributed by atoms with Crippen molar-refractivity contribution in [3.05, 3.63) is 36.0 Å². The van der Waals surface area contributed by atoms with Gasteiger partial charge in [-0.1, -0.05) is 18.2 Å². The summed E-state index contributed by atoms with van der Waals surface area (Å²) in [6, 6.07) is 9.86. The molecule has 0 aliphatic heterocycles. The van der Waals surface area contributed by atoms with E-state index >= 15 is 0 Å². The van der Waals surface area contributed by atoms with Gasteiger partial charge < -0.3 is 25.6 Å². The second kappa shape index (κ2) is 8.18. The van der Waals surface area contributed by atoms with Crippen LogP contribution in [0.15, 0.2) is 30.3 Å². The number of rotatable bonds is 7. The smallest absolute Gasteiger partial charge is 0.224 e. The number of aldehydes is 1. The van der Waals surface area contributed by atoms with E-state index in [-0.39, 0.29) is 0 Å². The molecule has 31 heavy (non-hydrogen) atoms. The lowest BCUT2D eigenvalue weighted by Crippen LogP contribution is -2.35. The van der Waals surface area contributed by atoms with E-state index in [9.17, 15) is 15.0 Å². The number of aromatic nitrogens is 2. The van der Waals surface area contributed by atoms with Crippen molar-refractivity contribution >= 4 is 39.5 Å². The fourth-order valence-corrected chi connectivity index (χ4v) is 5.39. The van der Waals surface area contributed by atoms with Crippen molar-refractivity contribution in [2.24, 2.45) is 11.8 Å². The molecule has 2 heterocycles. The molecule has 3 aromatic rings. The SMILES string of the molecule is Cc1nc(NCC2CC2)nc(NC2CC(C=O)C(O)C2O)c1-c1cc2ccccc2s1. The lowest BCUT2D eigenvalue weighted by molar-refractivity contribution is -0.114. The fraction of sp³-hybridized carbons (Fsp3) is 0.435. The number of benzene rings is 1. The molecule has 4 unspecified atom stereocenters. The molecule has 0 radical (unpaired) electrons. The van der Waals surface area contributed by atoms with E-state index in [1.54, 1.807) is 11.3 Å². The molecule has 0 amide bonds.